The van der Waals surface area contributed by atoms with Crippen LogP contribution < -0.4 is 9.51 Å². The van der Waals surface area contributed by atoms with Gasteiger partial charge in [0, 0.05) is 11.3 Å². The second-order valence-corrected chi connectivity index (χ2v) is 16.1. The lowest BCUT2D eigenvalue weighted by atomic mass is 9.86. The number of thiazole rings is 1. The molecule has 7 rings (SSSR count). The van der Waals surface area contributed by atoms with E-state index in [2.05, 4.69) is 108 Å². The molecule has 0 fully saturated rings. The Balaban J connectivity index is 1.57. The van der Waals surface area contributed by atoms with Crippen molar-refractivity contribution in [2.75, 3.05) is 0 Å². The number of fused-ring (bicyclic) bond motifs is 5. The molecule has 6 heteroatoms. The summed E-state index contributed by atoms with van der Waals surface area (Å²) in [6, 6.07) is 32.4. The zero-order chi connectivity index (χ0) is 34.1. The molecule has 0 radical (unpaired) electrons. The van der Waals surface area contributed by atoms with Crippen molar-refractivity contribution in [3.63, 3.8) is 0 Å². The number of carbonyl (C=O) groups is 1. The molecule has 0 atom stereocenters. The van der Waals surface area contributed by atoms with Crippen molar-refractivity contribution in [2.24, 2.45) is 0 Å². The van der Waals surface area contributed by atoms with Crippen molar-refractivity contribution in [2.45, 2.75) is 72.1 Å². The Kier molecular flexibility index (Phi) is 7.56. The van der Waals surface area contributed by atoms with Crippen molar-refractivity contribution >= 4 is 43.2 Å². The lowest BCUT2D eigenvalue weighted by molar-refractivity contribution is -0.467. The Morgan fingerprint density at radius 2 is 1.38 bits per heavy atom. The fourth-order valence-corrected chi connectivity index (χ4v) is 7.59. The van der Waals surface area contributed by atoms with Crippen LogP contribution in [-0.2, 0) is 10.8 Å². The van der Waals surface area contributed by atoms with E-state index in [1.807, 2.05) is 48.5 Å². The number of carbonyl (C=O) groups excluding carboxylic acids is 1. The molecule has 0 aliphatic heterocycles. The Labute approximate surface area is 286 Å². The molecule has 48 heavy (non-hydrogen) atoms. The van der Waals surface area contributed by atoms with Crippen LogP contribution in [0.4, 0.5) is 0 Å². The number of aromatic nitrogens is 3. The second-order valence-electron chi connectivity index (χ2n) is 15.1. The number of hydrogen-bond donors (Lipinski definition) is 0. The van der Waals surface area contributed by atoms with E-state index in [4.69, 9.17) is 4.98 Å². The Bertz CT molecular complexity index is 2330. The van der Waals surface area contributed by atoms with Gasteiger partial charge in [-0.15, -0.1) is 0 Å². The average molecular weight is 652 g/mol. The van der Waals surface area contributed by atoms with Crippen molar-refractivity contribution in [1.29, 1.82) is 0 Å². The van der Waals surface area contributed by atoms with E-state index in [1.54, 1.807) is 15.9 Å². The molecule has 0 aliphatic carbocycles. The molecule has 0 saturated heterocycles. The summed E-state index contributed by atoms with van der Waals surface area (Å²) < 4.78 is 4.81. The third-order valence-electron chi connectivity index (χ3n) is 9.32. The first-order valence-electron chi connectivity index (χ1n) is 16.6. The molecule has 0 N–H and O–H groups in total. The maximum absolute atomic E-state index is 14.7. The molecule has 0 bridgehead atoms. The van der Waals surface area contributed by atoms with E-state index < -0.39 is 0 Å². The maximum Gasteiger partial charge on any atom is 0.339 e. The molecule has 0 spiro atoms. The van der Waals surface area contributed by atoms with E-state index in [1.165, 1.54) is 11.1 Å². The second kappa shape index (κ2) is 11.4. The first kappa shape index (κ1) is 31.8. The number of para-hydroxylation sites is 1. The number of hydrogen-bond acceptors (Lipinski definition) is 4. The molecule has 0 amide bonds. The van der Waals surface area contributed by atoms with Gasteiger partial charge in [-0.25, -0.2) is 0 Å². The highest BCUT2D eigenvalue weighted by molar-refractivity contribution is 7.24. The Morgan fingerprint density at radius 3 is 1.96 bits per heavy atom. The van der Waals surface area contributed by atoms with Gasteiger partial charge < -0.3 is 5.11 Å². The van der Waals surface area contributed by atoms with Crippen LogP contribution >= 0.6 is 11.3 Å². The molecule has 4 aromatic carbocycles. The van der Waals surface area contributed by atoms with E-state index in [-0.39, 0.29) is 28.1 Å². The van der Waals surface area contributed by atoms with Crippen LogP contribution in [0.3, 0.4) is 0 Å². The van der Waals surface area contributed by atoms with E-state index in [0.717, 1.165) is 32.0 Å². The summed E-state index contributed by atoms with van der Waals surface area (Å²) >= 11 is 1.58. The zero-order valence-corrected chi connectivity index (χ0v) is 29.7. The quantitative estimate of drug-likeness (QED) is 0.138. The highest BCUT2D eigenvalue weighted by atomic mass is 32.1. The summed E-state index contributed by atoms with van der Waals surface area (Å²) in [5, 5.41) is 15.3. The SMILES string of the molecule is CC(C)c1ccc(-n2c([O-])c(C(=O)c3ccc(C(C)(C)C)cc3)c3c2nc(-c2ccc(C(C)(C)C)cc2)[n+]2c4ccccc4sc32)cc1. The summed E-state index contributed by atoms with van der Waals surface area (Å²) in [6.07, 6.45) is 0. The van der Waals surface area contributed by atoms with Gasteiger partial charge in [-0.2, -0.15) is 4.40 Å². The molecule has 242 valence electrons. The first-order chi connectivity index (χ1) is 22.7. The van der Waals surface area contributed by atoms with Crippen molar-refractivity contribution in [3.8, 4) is 23.0 Å². The Hall–Kier alpha value is -4.81. The minimum Gasteiger partial charge on any atom is -0.859 e. The molecule has 7 aromatic rings. The van der Waals surface area contributed by atoms with Crippen LogP contribution in [-0.4, -0.2) is 15.3 Å². The summed E-state index contributed by atoms with van der Waals surface area (Å²) in [4.78, 5) is 20.7. The summed E-state index contributed by atoms with van der Waals surface area (Å²) in [5.41, 5.74) is 7.18. The molecule has 0 unspecified atom stereocenters. The van der Waals surface area contributed by atoms with Gasteiger partial charge in [0.1, 0.15) is 5.39 Å². The lowest BCUT2D eigenvalue weighted by Crippen LogP contribution is -2.25. The number of benzene rings is 4. The van der Waals surface area contributed by atoms with E-state index >= 15 is 0 Å². The van der Waals surface area contributed by atoms with Crippen LogP contribution in [0.25, 0.3) is 43.2 Å². The van der Waals surface area contributed by atoms with Gasteiger partial charge in [0.2, 0.25) is 4.83 Å². The smallest absolute Gasteiger partial charge is 0.339 e. The number of nitrogens with zero attached hydrogens (tertiary/aromatic N) is 3. The summed E-state index contributed by atoms with van der Waals surface area (Å²) in [6.45, 7) is 17.3. The third-order valence-corrected chi connectivity index (χ3v) is 10.5. The van der Waals surface area contributed by atoms with E-state index in [9.17, 15) is 9.90 Å². The van der Waals surface area contributed by atoms with Crippen LogP contribution in [0.5, 0.6) is 5.88 Å². The highest BCUT2D eigenvalue weighted by Gasteiger charge is 2.32. The normalized spacial score (nSPS) is 12.5. The lowest BCUT2D eigenvalue weighted by Gasteiger charge is -2.19. The molecule has 0 saturated carbocycles. The monoisotopic (exact) mass is 651 g/mol. The standard InChI is InChI=1S/C42H41N3O2S/c1-25(2)26-17-23-31(24-18-26)44-38-35(34(39(44)47)36(46)27-13-19-29(20-14-27)41(3,4)5)40-45(32-11-9-10-12-33(32)48-40)37(43-38)28-15-21-30(22-16-28)42(6,7)8/h9-25H,1-8H3. The number of ketones is 1. The highest BCUT2D eigenvalue weighted by Crippen LogP contribution is 2.40. The van der Waals surface area contributed by atoms with Gasteiger partial charge in [0.05, 0.1) is 15.8 Å². The fourth-order valence-electron chi connectivity index (χ4n) is 6.40. The Morgan fingerprint density at radius 1 is 0.792 bits per heavy atom. The van der Waals surface area contributed by atoms with Crippen molar-refractivity contribution in [1.82, 2.24) is 9.55 Å². The number of rotatable bonds is 5. The van der Waals surface area contributed by atoms with Gasteiger partial charge in [-0.1, -0.05) is 127 Å². The predicted octanol–water partition coefficient (Wildman–Crippen LogP) is 9.67. The van der Waals surface area contributed by atoms with Crippen LogP contribution in [0.1, 0.15) is 93.9 Å². The molecule has 0 aliphatic rings. The molecular formula is C42H41N3O2S. The zero-order valence-electron chi connectivity index (χ0n) is 28.9. The van der Waals surface area contributed by atoms with E-state index in [0.29, 0.717) is 28.2 Å². The largest absolute Gasteiger partial charge is 0.859 e. The van der Waals surface area contributed by atoms with Gasteiger partial charge >= 0.3 is 5.82 Å². The maximum atomic E-state index is 14.7. The van der Waals surface area contributed by atoms with Gasteiger partial charge in [-0.05, 0) is 80.7 Å². The van der Waals surface area contributed by atoms with Crippen LogP contribution in [0.2, 0.25) is 0 Å². The average Bonchev–Trinajstić information content (AvgIpc) is 3.58. The topological polar surface area (TPSA) is 62.1 Å². The van der Waals surface area contributed by atoms with Gasteiger partial charge in [-0.3, -0.25) is 9.36 Å². The van der Waals surface area contributed by atoms with Crippen molar-refractivity contribution < 1.29 is 14.3 Å². The summed E-state index contributed by atoms with van der Waals surface area (Å²) in [7, 11) is 0. The van der Waals surface area contributed by atoms with Gasteiger partial charge in [0.25, 0.3) is 5.65 Å². The minimum atomic E-state index is -0.362. The van der Waals surface area contributed by atoms with Crippen molar-refractivity contribution in [3.05, 3.63) is 125 Å². The third kappa shape index (κ3) is 5.29. The fraction of sp³-hybridized carbons (Fsp3) is 0.262. The molecule has 5 nitrogen and oxygen atoms in total. The van der Waals surface area contributed by atoms with Crippen LogP contribution in [0.15, 0.2) is 97.1 Å². The molecular weight excluding hydrogens is 611 g/mol. The van der Waals surface area contributed by atoms with Crippen LogP contribution in [0, 0.1) is 0 Å². The predicted molar refractivity (Wildman–Crippen MR) is 196 cm³/mol. The minimum absolute atomic E-state index is 0.00209. The summed E-state index contributed by atoms with van der Waals surface area (Å²) in [5.74, 6) is 0.406. The molecule has 3 heterocycles. The first-order valence-corrected chi connectivity index (χ1v) is 17.4. The molecule has 3 aromatic heterocycles. The van der Waals surface area contributed by atoms with Gasteiger partial charge in [0.15, 0.2) is 11.3 Å².